The zero-order valence-electron chi connectivity index (χ0n) is 26.2. The number of nitrogens with one attached hydrogen (secondary N) is 1. The molecule has 1 N–H and O–H groups in total. The first-order chi connectivity index (χ1) is 20.0. The molecule has 6 nitrogen and oxygen atoms in total. The minimum absolute atomic E-state index is 1.21. The van der Waals surface area contributed by atoms with Gasteiger partial charge in [-0.2, -0.15) is 0 Å². The van der Waals surface area contributed by atoms with E-state index in [1.54, 1.807) is 54.2 Å². The highest BCUT2D eigenvalue weighted by molar-refractivity contribution is 7.07. The van der Waals surface area contributed by atoms with Gasteiger partial charge in [0.2, 0.25) is 0 Å². The maximum atomic E-state index is 4.58. The third-order valence-corrected chi connectivity index (χ3v) is 3.67. The van der Waals surface area contributed by atoms with E-state index >= 15 is 0 Å². The van der Waals surface area contributed by atoms with Gasteiger partial charge in [-0.25, -0.2) is 4.98 Å². The molecule has 0 bridgehead atoms. The molecule has 0 saturated heterocycles. The van der Waals surface area contributed by atoms with Crippen LogP contribution < -0.4 is 0 Å². The van der Waals surface area contributed by atoms with E-state index < -0.39 is 0 Å². The van der Waals surface area contributed by atoms with Crippen LogP contribution in [0.5, 0.6) is 0 Å². The Bertz CT molecular complexity index is 878. The first kappa shape index (κ1) is 43.1. The van der Waals surface area contributed by atoms with Gasteiger partial charge in [0, 0.05) is 35.7 Å². The molecule has 6 aromatic rings. The third-order valence-electron chi connectivity index (χ3n) is 3.15. The number of nitrogens with zero attached hydrogens (tertiary/aromatic N) is 3. The minimum Gasteiger partial charge on any atom is -0.473 e. The van der Waals surface area contributed by atoms with Crippen molar-refractivity contribution < 1.29 is 8.83 Å². The number of aromatic nitrogens is 4. The summed E-state index contributed by atoms with van der Waals surface area (Å²) in [7, 11) is 0. The van der Waals surface area contributed by atoms with Gasteiger partial charge in [0.15, 0.2) is 6.39 Å². The Morgan fingerprint density at radius 3 is 1.48 bits per heavy atom. The molecule has 0 radical (unpaired) electrons. The maximum absolute atomic E-state index is 4.58. The Kier molecular flexibility index (Phi) is 48.5. The van der Waals surface area contributed by atoms with Crippen LogP contribution in [-0.2, 0) is 0 Å². The van der Waals surface area contributed by atoms with Crippen LogP contribution in [0.2, 0.25) is 0 Å². The molecule has 0 atom stereocenters. The molecule has 0 fully saturated rings. The molecule has 40 heavy (non-hydrogen) atoms. The second-order valence-electron chi connectivity index (χ2n) is 5.23. The standard InChI is InChI=1S/C8H7N.C5H5N.C4H4O.C3H3NO.C3H3NS.5C2H6/c1-2-4-8-7(3-1)5-6-9-8;1-2-4-6-5-3-1;1-2-4-5-3-1;2*1-2-5-3-4-1;5*1-2/h1-6,9H;1-5H;1-4H;2*1-3H;5*1-2H3. The van der Waals surface area contributed by atoms with Crippen molar-refractivity contribution in [1.82, 2.24) is 19.9 Å². The van der Waals surface area contributed by atoms with Gasteiger partial charge < -0.3 is 13.8 Å². The van der Waals surface area contributed by atoms with Gasteiger partial charge in [-0.1, -0.05) is 93.5 Å². The molecule has 0 spiro atoms. The predicted octanol–water partition coefficient (Wildman–Crippen LogP) is 11.5. The average molecular weight is 569 g/mol. The number of hydrogen-bond acceptors (Lipinski definition) is 6. The molecular weight excluding hydrogens is 516 g/mol. The molecule has 0 saturated carbocycles. The maximum Gasteiger partial charge on any atom is 0.180 e. The average Bonchev–Trinajstić information content (AvgIpc) is 3.93. The fourth-order valence-electron chi connectivity index (χ4n) is 1.89. The lowest BCUT2D eigenvalue weighted by Gasteiger charge is -1.83. The number of para-hydroxylation sites is 1. The molecule has 0 unspecified atom stereocenters. The van der Waals surface area contributed by atoms with Gasteiger partial charge in [0.05, 0.1) is 24.2 Å². The molecule has 0 aliphatic heterocycles. The Morgan fingerprint density at radius 1 is 0.550 bits per heavy atom. The van der Waals surface area contributed by atoms with Crippen LogP contribution in [0.25, 0.3) is 10.9 Å². The minimum atomic E-state index is 1.21. The number of H-pyrrole nitrogens is 1. The van der Waals surface area contributed by atoms with Crippen molar-refractivity contribution in [3.63, 3.8) is 0 Å². The van der Waals surface area contributed by atoms with Gasteiger partial charge in [-0.3, -0.25) is 9.97 Å². The van der Waals surface area contributed by atoms with Crippen molar-refractivity contribution in [3.8, 4) is 0 Å². The van der Waals surface area contributed by atoms with E-state index in [1.165, 1.54) is 23.6 Å². The van der Waals surface area contributed by atoms with Gasteiger partial charge in [0.1, 0.15) is 6.26 Å². The zero-order chi connectivity index (χ0) is 31.0. The van der Waals surface area contributed by atoms with Crippen LogP contribution in [0.1, 0.15) is 69.2 Å². The highest BCUT2D eigenvalue weighted by atomic mass is 32.1. The fourth-order valence-corrected chi connectivity index (χ4v) is 2.24. The highest BCUT2D eigenvalue weighted by Gasteiger charge is 1.86. The van der Waals surface area contributed by atoms with E-state index in [9.17, 15) is 0 Å². The molecule has 0 aliphatic carbocycles. The summed E-state index contributed by atoms with van der Waals surface area (Å²) in [4.78, 5) is 14.2. The molecule has 6 rings (SSSR count). The number of pyridine rings is 1. The van der Waals surface area contributed by atoms with Gasteiger partial charge >= 0.3 is 0 Å². The SMILES string of the molecule is CC.CC.CC.CC.CC.c1ccc2[nH]ccc2c1.c1ccncc1.c1ccoc1.c1cocn1.c1cscn1. The molecule has 7 heteroatoms. The van der Waals surface area contributed by atoms with E-state index in [-0.39, 0.29) is 0 Å². The third kappa shape index (κ3) is 32.1. The van der Waals surface area contributed by atoms with Crippen molar-refractivity contribution in [2.45, 2.75) is 69.2 Å². The van der Waals surface area contributed by atoms with E-state index in [4.69, 9.17) is 0 Å². The summed E-state index contributed by atoms with van der Waals surface area (Å²) < 4.78 is 9.06. The lowest BCUT2D eigenvalue weighted by Crippen LogP contribution is -1.61. The summed E-state index contributed by atoms with van der Waals surface area (Å²) in [6.07, 6.45) is 14.9. The molecule has 5 aromatic heterocycles. The number of hydrogen-bond donors (Lipinski definition) is 1. The van der Waals surface area contributed by atoms with Crippen LogP contribution in [0, 0.1) is 0 Å². The van der Waals surface area contributed by atoms with Crippen LogP contribution in [0.4, 0.5) is 0 Å². The van der Waals surface area contributed by atoms with Crippen molar-refractivity contribution >= 4 is 22.2 Å². The number of fused-ring (bicyclic) bond motifs is 1. The Balaban J connectivity index is -0.000000191. The Morgan fingerprint density at radius 2 is 1.18 bits per heavy atom. The van der Waals surface area contributed by atoms with E-state index in [0.29, 0.717) is 0 Å². The molecule has 1 aromatic carbocycles. The summed E-state index contributed by atoms with van der Waals surface area (Å²) in [5.41, 5.74) is 3.00. The normalized spacial score (nSPS) is 7.25. The quantitative estimate of drug-likeness (QED) is 0.197. The topological polar surface area (TPSA) is 80.7 Å². The molecular formula is C33H52N4O2S. The molecule has 5 heterocycles. The second-order valence-corrected chi connectivity index (χ2v) is 5.99. The van der Waals surface area contributed by atoms with E-state index in [1.807, 2.05) is 123 Å². The fraction of sp³-hybridized carbons (Fsp3) is 0.303. The summed E-state index contributed by atoms with van der Waals surface area (Å²) in [6.45, 7) is 20.0. The van der Waals surface area contributed by atoms with Crippen LogP contribution in [0.3, 0.4) is 0 Å². The van der Waals surface area contributed by atoms with Crippen molar-refractivity contribution in [3.05, 3.63) is 128 Å². The number of rotatable bonds is 0. The van der Waals surface area contributed by atoms with Crippen molar-refractivity contribution in [1.29, 1.82) is 0 Å². The monoisotopic (exact) mass is 568 g/mol. The lowest BCUT2D eigenvalue weighted by molar-refractivity contribution is 0.558. The van der Waals surface area contributed by atoms with Gasteiger partial charge in [-0.05, 0) is 41.8 Å². The van der Waals surface area contributed by atoms with Crippen LogP contribution in [-0.4, -0.2) is 19.9 Å². The van der Waals surface area contributed by atoms with Gasteiger partial charge in [-0.15, -0.1) is 11.3 Å². The molecule has 0 amide bonds. The number of aromatic amines is 1. The number of thiazole rings is 1. The lowest BCUT2D eigenvalue weighted by atomic mass is 10.3. The van der Waals surface area contributed by atoms with Crippen molar-refractivity contribution in [2.75, 3.05) is 0 Å². The zero-order valence-corrected chi connectivity index (χ0v) is 27.0. The van der Waals surface area contributed by atoms with E-state index in [2.05, 4.69) is 47.0 Å². The van der Waals surface area contributed by atoms with Crippen LogP contribution in [0.15, 0.2) is 137 Å². The largest absolute Gasteiger partial charge is 0.473 e. The Labute approximate surface area is 247 Å². The summed E-state index contributed by atoms with van der Waals surface area (Å²) in [5, 5.41) is 3.21. The number of benzene rings is 1. The first-order valence-corrected chi connectivity index (χ1v) is 14.9. The second kappa shape index (κ2) is 45.0. The number of oxazole rings is 1. The summed E-state index contributed by atoms with van der Waals surface area (Å²) >= 11 is 1.60. The van der Waals surface area contributed by atoms with Crippen molar-refractivity contribution in [2.24, 2.45) is 0 Å². The van der Waals surface area contributed by atoms with Gasteiger partial charge in [0.25, 0.3) is 0 Å². The number of furan rings is 1. The first-order valence-electron chi connectivity index (χ1n) is 14.0. The summed E-state index contributed by atoms with van der Waals surface area (Å²) in [5.74, 6) is 0. The molecule has 222 valence electrons. The smallest absolute Gasteiger partial charge is 0.180 e. The Hall–Kier alpha value is -3.97. The predicted molar refractivity (Wildman–Crippen MR) is 177 cm³/mol. The van der Waals surface area contributed by atoms with Crippen LogP contribution >= 0.6 is 11.3 Å². The highest BCUT2D eigenvalue weighted by Crippen LogP contribution is 2.09. The van der Waals surface area contributed by atoms with E-state index in [0.717, 1.165) is 0 Å². The summed E-state index contributed by atoms with van der Waals surface area (Å²) in [6, 6.07) is 19.7. The molecule has 0 aliphatic rings.